The first-order chi connectivity index (χ1) is 11.1. The summed E-state index contributed by atoms with van der Waals surface area (Å²) in [7, 11) is -3.47. The van der Waals surface area contributed by atoms with E-state index in [1.807, 2.05) is 13.0 Å². The predicted molar refractivity (Wildman–Crippen MR) is 86.9 cm³/mol. The number of thiophene rings is 1. The van der Waals surface area contributed by atoms with Gasteiger partial charge in [-0.3, -0.25) is 0 Å². The average Bonchev–Trinajstić information content (AvgIpc) is 3.20. The van der Waals surface area contributed by atoms with Crippen LogP contribution in [0, 0.1) is 0 Å². The quantitative estimate of drug-likeness (QED) is 0.772. The second kappa shape index (κ2) is 6.77. The Morgan fingerprint density at radius 2 is 2.04 bits per heavy atom. The van der Waals surface area contributed by atoms with E-state index >= 15 is 0 Å². The SMILES string of the molecule is CCc1ccc(S(=O)(=O)NCCOc2ccc3c(c2)OCO3)s1. The van der Waals surface area contributed by atoms with Gasteiger partial charge in [0.25, 0.3) is 0 Å². The average molecular weight is 355 g/mol. The van der Waals surface area contributed by atoms with E-state index < -0.39 is 10.0 Å². The van der Waals surface area contributed by atoms with Crippen molar-refractivity contribution in [2.75, 3.05) is 19.9 Å². The van der Waals surface area contributed by atoms with Crippen molar-refractivity contribution in [2.24, 2.45) is 0 Å². The zero-order valence-corrected chi connectivity index (χ0v) is 14.2. The summed E-state index contributed by atoms with van der Waals surface area (Å²) >= 11 is 1.29. The number of hydrogen-bond acceptors (Lipinski definition) is 6. The van der Waals surface area contributed by atoms with E-state index in [2.05, 4.69) is 4.72 Å². The van der Waals surface area contributed by atoms with E-state index in [9.17, 15) is 8.42 Å². The van der Waals surface area contributed by atoms with Gasteiger partial charge in [-0.1, -0.05) is 6.92 Å². The van der Waals surface area contributed by atoms with E-state index in [1.165, 1.54) is 11.3 Å². The Balaban J connectivity index is 1.51. The lowest BCUT2D eigenvalue weighted by Gasteiger charge is -2.08. The van der Waals surface area contributed by atoms with Crippen LogP contribution in [0.15, 0.2) is 34.5 Å². The van der Waals surface area contributed by atoms with Crippen LogP contribution >= 0.6 is 11.3 Å². The summed E-state index contributed by atoms with van der Waals surface area (Å²) in [4.78, 5) is 1.04. The molecule has 0 aliphatic carbocycles. The monoisotopic (exact) mass is 355 g/mol. The lowest BCUT2D eigenvalue weighted by Crippen LogP contribution is -2.27. The highest BCUT2D eigenvalue weighted by molar-refractivity contribution is 7.91. The van der Waals surface area contributed by atoms with Crippen LogP contribution in [0.1, 0.15) is 11.8 Å². The molecule has 0 bridgehead atoms. The Hall–Kier alpha value is -1.77. The van der Waals surface area contributed by atoms with E-state index in [4.69, 9.17) is 14.2 Å². The molecule has 1 aromatic heterocycles. The predicted octanol–water partition coefficient (Wildman–Crippen LogP) is 2.40. The first kappa shape index (κ1) is 16.1. The molecule has 3 rings (SSSR count). The van der Waals surface area contributed by atoms with Crippen molar-refractivity contribution in [3.63, 3.8) is 0 Å². The van der Waals surface area contributed by atoms with Crippen molar-refractivity contribution < 1.29 is 22.6 Å². The standard InChI is InChI=1S/C15H17NO5S2/c1-2-12-4-6-15(22-12)23(17,18)16-7-8-19-11-3-5-13-14(9-11)21-10-20-13/h3-6,9,16H,2,7-8,10H2,1H3. The van der Waals surface area contributed by atoms with E-state index in [1.54, 1.807) is 24.3 Å². The molecule has 2 aromatic rings. The maximum Gasteiger partial charge on any atom is 0.250 e. The zero-order chi connectivity index (χ0) is 16.3. The number of ether oxygens (including phenoxy) is 3. The largest absolute Gasteiger partial charge is 0.492 e. The lowest BCUT2D eigenvalue weighted by molar-refractivity contribution is 0.173. The van der Waals surface area contributed by atoms with Crippen molar-refractivity contribution in [3.05, 3.63) is 35.2 Å². The molecule has 1 aliphatic rings. The van der Waals surface area contributed by atoms with Gasteiger partial charge in [-0.05, 0) is 30.7 Å². The molecule has 0 unspecified atom stereocenters. The summed E-state index contributed by atoms with van der Waals surface area (Å²) in [6, 6.07) is 8.71. The Labute approximate surface area is 139 Å². The molecule has 1 aromatic carbocycles. The van der Waals surface area contributed by atoms with Crippen LogP contribution < -0.4 is 18.9 Å². The highest BCUT2D eigenvalue weighted by atomic mass is 32.2. The van der Waals surface area contributed by atoms with E-state index in [0.717, 1.165) is 11.3 Å². The van der Waals surface area contributed by atoms with Crippen LogP contribution in [-0.2, 0) is 16.4 Å². The molecular formula is C15H17NO5S2. The molecule has 23 heavy (non-hydrogen) atoms. The molecule has 0 radical (unpaired) electrons. The van der Waals surface area contributed by atoms with Gasteiger partial charge in [-0.15, -0.1) is 11.3 Å². The van der Waals surface area contributed by atoms with Crippen LogP contribution in [0.2, 0.25) is 0 Å². The molecule has 0 fully saturated rings. The molecular weight excluding hydrogens is 338 g/mol. The van der Waals surface area contributed by atoms with Gasteiger partial charge < -0.3 is 14.2 Å². The summed E-state index contributed by atoms with van der Waals surface area (Å²) in [5.41, 5.74) is 0. The number of benzene rings is 1. The number of sulfonamides is 1. The minimum absolute atomic E-state index is 0.191. The van der Waals surface area contributed by atoms with Gasteiger partial charge in [0.2, 0.25) is 16.8 Å². The van der Waals surface area contributed by atoms with Gasteiger partial charge in [-0.25, -0.2) is 13.1 Å². The first-order valence-corrected chi connectivity index (χ1v) is 9.49. The maximum atomic E-state index is 12.1. The zero-order valence-electron chi connectivity index (χ0n) is 12.6. The van der Waals surface area contributed by atoms with Gasteiger partial charge in [-0.2, -0.15) is 0 Å². The summed E-state index contributed by atoms with van der Waals surface area (Å²) in [6.07, 6.45) is 0.827. The molecule has 124 valence electrons. The molecule has 0 saturated carbocycles. The third-order valence-corrected chi connectivity index (χ3v) is 6.44. The number of fused-ring (bicyclic) bond motifs is 1. The van der Waals surface area contributed by atoms with Gasteiger partial charge in [0, 0.05) is 17.5 Å². The smallest absolute Gasteiger partial charge is 0.250 e. The molecule has 0 atom stereocenters. The molecule has 1 aliphatic heterocycles. The van der Waals surface area contributed by atoms with E-state index in [0.29, 0.717) is 21.5 Å². The van der Waals surface area contributed by atoms with Crippen LogP contribution in [0.4, 0.5) is 0 Å². The fourth-order valence-corrected chi connectivity index (χ4v) is 4.43. The molecule has 6 nitrogen and oxygen atoms in total. The highest BCUT2D eigenvalue weighted by Crippen LogP contribution is 2.35. The number of hydrogen-bond donors (Lipinski definition) is 1. The minimum Gasteiger partial charge on any atom is -0.492 e. The summed E-state index contributed by atoms with van der Waals surface area (Å²) in [5.74, 6) is 1.93. The molecule has 8 heteroatoms. The van der Waals surface area contributed by atoms with Gasteiger partial charge in [0.1, 0.15) is 16.6 Å². The van der Waals surface area contributed by atoms with Crippen molar-refractivity contribution in [2.45, 2.75) is 17.6 Å². The Kier molecular flexibility index (Phi) is 4.74. The van der Waals surface area contributed by atoms with Crippen molar-refractivity contribution in [3.8, 4) is 17.2 Å². The maximum absolute atomic E-state index is 12.1. The molecule has 0 spiro atoms. The Morgan fingerprint density at radius 1 is 1.22 bits per heavy atom. The second-order valence-electron chi connectivity index (χ2n) is 4.84. The lowest BCUT2D eigenvalue weighted by atomic mass is 10.3. The minimum atomic E-state index is -3.47. The summed E-state index contributed by atoms with van der Waals surface area (Å²) in [6.45, 7) is 2.62. The number of aryl methyl sites for hydroxylation is 1. The van der Waals surface area contributed by atoms with Crippen LogP contribution in [0.5, 0.6) is 17.2 Å². The van der Waals surface area contributed by atoms with Crippen molar-refractivity contribution in [1.29, 1.82) is 0 Å². The molecule has 0 amide bonds. The third kappa shape index (κ3) is 3.77. The highest BCUT2D eigenvalue weighted by Gasteiger charge is 2.16. The summed E-state index contributed by atoms with van der Waals surface area (Å²) in [5, 5.41) is 0. The van der Waals surface area contributed by atoms with Gasteiger partial charge in [0.05, 0.1) is 0 Å². The molecule has 2 heterocycles. The molecule has 1 N–H and O–H groups in total. The van der Waals surface area contributed by atoms with Crippen molar-refractivity contribution >= 4 is 21.4 Å². The normalized spacial score (nSPS) is 13.3. The fourth-order valence-electron chi connectivity index (χ4n) is 2.08. The van der Waals surface area contributed by atoms with Gasteiger partial charge in [0.15, 0.2) is 11.5 Å². The van der Waals surface area contributed by atoms with Crippen molar-refractivity contribution in [1.82, 2.24) is 4.72 Å². The fraction of sp³-hybridized carbons (Fsp3) is 0.333. The number of nitrogens with one attached hydrogen (secondary N) is 1. The number of rotatable bonds is 7. The van der Waals surface area contributed by atoms with E-state index in [-0.39, 0.29) is 19.9 Å². The first-order valence-electron chi connectivity index (χ1n) is 7.19. The summed E-state index contributed by atoms with van der Waals surface area (Å²) < 4.78 is 43.1. The van der Waals surface area contributed by atoms with Crippen LogP contribution in [0.25, 0.3) is 0 Å². The third-order valence-electron chi connectivity index (χ3n) is 3.26. The van der Waals surface area contributed by atoms with Crippen LogP contribution in [-0.4, -0.2) is 28.4 Å². The Bertz CT molecular complexity index is 785. The van der Waals surface area contributed by atoms with Gasteiger partial charge >= 0.3 is 0 Å². The van der Waals surface area contributed by atoms with Crippen LogP contribution in [0.3, 0.4) is 0 Å². The molecule has 0 saturated heterocycles. The Morgan fingerprint density at radius 3 is 2.83 bits per heavy atom. The second-order valence-corrected chi connectivity index (χ2v) is 8.00. The topological polar surface area (TPSA) is 73.9 Å².